The quantitative estimate of drug-likeness (QED) is 0.470. The van der Waals surface area contributed by atoms with Gasteiger partial charge in [-0.2, -0.15) is 0 Å². The molecule has 0 radical (unpaired) electrons. The third-order valence-electron chi connectivity index (χ3n) is 4.34. The molecule has 0 spiro atoms. The Morgan fingerprint density at radius 3 is 2.43 bits per heavy atom. The van der Waals surface area contributed by atoms with Gasteiger partial charge in [0.2, 0.25) is 5.91 Å². The van der Waals surface area contributed by atoms with Crippen molar-refractivity contribution in [3.63, 3.8) is 0 Å². The van der Waals surface area contributed by atoms with E-state index in [2.05, 4.69) is 10.6 Å². The van der Waals surface area contributed by atoms with Crippen LogP contribution in [0.4, 0.5) is 4.79 Å². The summed E-state index contributed by atoms with van der Waals surface area (Å²) in [6.07, 6.45) is 0.560. The van der Waals surface area contributed by atoms with Crippen LogP contribution in [-0.4, -0.2) is 29.7 Å². The smallest absolute Gasteiger partial charge is 0.407 e. The number of benzene rings is 2. The lowest BCUT2D eigenvalue weighted by Gasteiger charge is -2.21. The van der Waals surface area contributed by atoms with Crippen molar-refractivity contribution in [3.05, 3.63) is 65.7 Å². The molecule has 7 nitrogen and oxygen atoms in total. The summed E-state index contributed by atoms with van der Waals surface area (Å²) in [5.74, 6) is -0.259. The highest BCUT2D eigenvalue weighted by atomic mass is 16.5. The van der Waals surface area contributed by atoms with Gasteiger partial charge in [-0.3, -0.25) is 10.1 Å². The van der Waals surface area contributed by atoms with Gasteiger partial charge in [0, 0.05) is 12.6 Å². The Morgan fingerprint density at radius 1 is 1.11 bits per heavy atom. The van der Waals surface area contributed by atoms with Crippen LogP contribution >= 0.6 is 0 Å². The minimum Gasteiger partial charge on any atom is -0.508 e. The number of nitrogens with two attached hydrogens (primary N) is 1. The number of alkyl carbamates (subject to hydrolysis) is 1. The second-order valence-electron chi connectivity index (χ2n) is 6.57. The molecule has 0 aliphatic heterocycles. The molecule has 2 aromatic carbocycles. The van der Waals surface area contributed by atoms with Crippen molar-refractivity contribution in [2.24, 2.45) is 5.73 Å². The number of primary amides is 1. The molecule has 0 saturated heterocycles. The van der Waals surface area contributed by atoms with E-state index in [9.17, 15) is 14.7 Å². The van der Waals surface area contributed by atoms with E-state index in [1.165, 1.54) is 0 Å². The zero-order valence-electron chi connectivity index (χ0n) is 15.9. The molecule has 2 rings (SSSR count). The average molecular weight is 385 g/mol. The minimum absolute atomic E-state index is 0.109. The number of carbonyl (C=O) groups excluding carboxylic acids is 2. The average Bonchev–Trinajstić information content (AvgIpc) is 2.69. The van der Waals surface area contributed by atoms with Crippen LogP contribution in [0.1, 0.15) is 36.9 Å². The van der Waals surface area contributed by atoms with E-state index < -0.39 is 18.0 Å². The van der Waals surface area contributed by atoms with Crippen molar-refractivity contribution in [2.75, 3.05) is 6.54 Å². The molecule has 7 heteroatoms. The van der Waals surface area contributed by atoms with E-state index in [0.29, 0.717) is 19.4 Å². The van der Waals surface area contributed by atoms with E-state index in [4.69, 9.17) is 10.5 Å². The van der Waals surface area contributed by atoms with Crippen LogP contribution in [0.15, 0.2) is 54.6 Å². The maximum atomic E-state index is 11.7. The molecule has 0 saturated carbocycles. The van der Waals surface area contributed by atoms with Crippen LogP contribution in [0.25, 0.3) is 0 Å². The predicted octanol–water partition coefficient (Wildman–Crippen LogP) is 2.60. The number of aromatic hydroxyl groups is 1. The second-order valence-corrected chi connectivity index (χ2v) is 6.57. The molecular formula is C21H27N3O4. The highest BCUT2D eigenvalue weighted by molar-refractivity contribution is 5.79. The van der Waals surface area contributed by atoms with Crippen LogP contribution in [-0.2, 0) is 16.1 Å². The molecule has 0 heterocycles. The first-order valence-corrected chi connectivity index (χ1v) is 9.24. The van der Waals surface area contributed by atoms with Gasteiger partial charge >= 0.3 is 6.09 Å². The maximum Gasteiger partial charge on any atom is 0.407 e. The largest absolute Gasteiger partial charge is 0.508 e. The Hall–Kier alpha value is -3.06. The summed E-state index contributed by atoms with van der Waals surface area (Å²) in [6.45, 7) is 2.51. The lowest BCUT2D eigenvalue weighted by atomic mass is 10.0. The topological polar surface area (TPSA) is 114 Å². The normalized spacial score (nSPS) is 12.8. The number of phenolic OH excluding ortho intramolecular Hbond substituents is 1. The summed E-state index contributed by atoms with van der Waals surface area (Å²) in [7, 11) is 0. The summed E-state index contributed by atoms with van der Waals surface area (Å²) in [6, 6.07) is 15.6. The molecule has 2 atom stereocenters. The zero-order chi connectivity index (χ0) is 20.4. The SMILES string of the molecule is C[C@@H](N[C@H](CCCNC(=O)OCc1ccccc1)C(N)=O)c1ccc(O)cc1. The molecule has 2 amide bonds. The summed E-state index contributed by atoms with van der Waals surface area (Å²) < 4.78 is 5.14. The monoisotopic (exact) mass is 385 g/mol. The van der Waals surface area contributed by atoms with Crippen LogP contribution in [0.5, 0.6) is 5.75 Å². The zero-order valence-corrected chi connectivity index (χ0v) is 15.9. The maximum absolute atomic E-state index is 11.7. The fourth-order valence-corrected chi connectivity index (χ4v) is 2.74. The fraction of sp³-hybridized carbons (Fsp3) is 0.333. The lowest BCUT2D eigenvalue weighted by molar-refractivity contribution is -0.120. The van der Waals surface area contributed by atoms with Gasteiger partial charge < -0.3 is 20.9 Å². The predicted molar refractivity (Wildman–Crippen MR) is 107 cm³/mol. The van der Waals surface area contributed by atoms with Crippen LogP contribution < -0.4 is 16.4 Å². The summed E-state index contributed by atoms with van der Waals surface area (Å²) in [5, 5.41) is 15.2. The Kier molecular flexibility index (Phi) is 8.30. The Bertz CT molecular complexity index is 750. The van der Waals surface area contributed by atoms with Crippen molar-refractivity contribution >= 4 is 12.0 Å². The molecule has 0 aliphatic carbocycles. The van der Waals surface area contributed by atoms with Crippen LogP contribution in [0.2, 0.25) is 0 Å². The standard InChI is InChI=1S/C21H27N3O4/c1-15(17-9-11-18(25)12-10-17)24-19(20(22)26)8-5-13-23-21(27)28-14-16-6-3-2-4-7-16/h2-4,6-7,9-12,15,19,24-25H,5,8,13-14H2,1H3,(H2,22,26)(H,23,27)/t15-,19-/m1/s1. The van der Waals surface area contributed by atoms with E-state index in [1.807, 2.05) is 37.3 Å². The van der Waals surface area contributed by atoms with Crippen molar-refractivity contribution in [1.82, 2.24) is 10.6 Å². The third-order valence-corrected chi connectivity index (χ3v) is 4.34. The van der Waals surface area contributed by atoms with Crippen LogP contribution in [0.3, 0.4) is 0 Å². The van der Waals surface area contributed by atoms with E-state index >= 15 is 0 Å². The molecule has 5 N–H and O–H groups in total. The molecule has 150 valence electrons. The van der Waals surface area contributed by atoms with E-state index in [0.717, 1.165) is 11.1 Å². The fourth-order valence-electron chi connectivity index (χ4n) is 2.74. The van der Waals surface area contributed by atoms with Gasteiger partial charge in [0.05, 0.1) is 6.04 Å². The molecule has 28 heavy (non-hydrogen) atoms. The van der Waals surface area contributed by atoms with Crippen LogP contribution in [0, 0.1) is 0 Å². The highest BCUT2D eigenvalue weighted by Crippen LogP contribution is 2.17. The second kappa shape index (κ2) is 10.9. The number of nitrogens with one attached hydrogen (secondary N) is 2. The van der Waals surface area contributed by atoms with Gasteiger partial charge in [0.15, 0.2) is 0 Å². The molecule has 0 bridgehead atoms. The van der Waals surface area contributed by atoms with Gasteiger partial charge in [-0.15, -0.1) is 0 Å². The minimum atomic E-state index is -0.522. The number of ether oxygens (including phenoxy) is 1. The highest BCUT2D eigenvalue weighted by Gasteiger charge is 2.18. The van der Waals surface area contributed by atoms with Gasteiger partial charge in [0.25, 0.3) is 0 Å². The number of hydrogen-bond donors (Lipinski definition) is 4. The van der Waals surface area contributed by atoms with E-state index in [1.54, 1.807) is 24.3 Å². The molecule has 0 aromatic heterocycles. The Labute approximate surface area is 164 Å². The molecule has 0 unspecified atom stereocenters. The van der Waals surface area contributed by atoms with Gasteiger partial charge in [0.1, 0.15) is 12.4 Å². The van der Waals surface area contributed by atoms with Crippen molar-refractivity contribution in [3.8, 4) is 5.75 Å². The number of carbonyl (C=O) groups is 2. The lowest BCUT2D eigenvalue weighted by Crippen LogP contribution is -2.43. The molecule has 0 aliphatic rings. The number of rotatable bonds is 10. The van der Waals surface area contributed by atoms with Gasteiger partial charge in [-0.05, 0) is 43.0 Å². The molecule has 2 aromatic rings. The first kappa shape index (κ1) is 21.2. The Morgan fingerprint density at radius 2 is 1.79 bits per heavy atom. The van der Waals surface area contributed by atoms with Crippen molar-refractivity contribution < 1.29 is 19.4 Å². The summed E-state index contributed by atoms with van der Waals surface area (Å²) in [5.41, 5.74) is 7.34. The Balaban J connectivity index is 1.70. The summed E-state index contributed by atoms with van der Waals surface area (Å²) >= 11 is 0. The molecule has 0 fully saturated rings. The number of amides is 2. The third kappa shape index (κ3) is 7.28. The van der Waals surface area contributed by atoms with Gasteiger partial charge in [-0.25, -0.2) is 4.79 Å². The van der Waals surface area contributed by atoms with Gasteiger partial charge in [-0.1, -0.05) is 42.5 Å². The van der Waals surface area contributed by atoms with Crippen molar-refractivity contribution in [1.29, 1.82) is 0 Å². The first-order valence-electron chi connectivity index (χ1n) is 9.24. The van der Waals surface area contributed by atoms with Crippen molar-refractivity contribution in [2.45, 2.75) is 38.5 Å². The van der Waals surface area contributed by atoms with E-state index in [-0.39, 0.29) is 18.4 Å². The molecular weight excluding hydrogens is 358 g/mol. The first-order chi connectivity index (χ1) is 13.5. The summed E-state index contributed by atoms with van der Waals surface area (Å²) in [4.78, 5) is 23.4. The number of phenols is 1. The number of hydrogen-bond acceptors (Lipinski definition) is 5.